The van der Waals surface area contributed by atoms with Gasteiger partial charge in [0.2, 0.25) is 5.82 Å². The summed E-state index contributed by atoms with van der Waals surface area (Å²) in [6, 6.07) is 11.3. The fourth-order valence-electron chi connectivity index (χ4n) is 1.84. The van der Waals surface area contributed by atoms with E-state index in [-0.39, 0.29) is 0 Å². The first-order valence-electron chi connectivity index (χ1n) is 6.27. The summed E-state index contributed by atoms with van der Waals surface area (Å²) >= 11 is 0. The van der Waals surface area contributed by atoms with E-state index in [2.05, 4.69) is 10.1 Å². The normalized spacial score (nSPS) is 10.7. The van der Waals surface area contributed by atoms with Crippen LogP contribution in [0.1, 0.15) is 6.92 Å². The minimum atomic E-state index is 0.315. The van der Waals surface area contributed by atoms with Crippen molar-refractivity contribution in [2.45, 2.75) is 6.92 Å². The summed E-state index contributed by atoms with van der Waals surface area (Å²) in [5, 5.41) is 4.34. The van der Waals surface area contributed by atoms with Crippen molar-refractivity contribution in [1.82, 2.24) is 14.8 Å². The molecule has 2 aromatic heterocycles. The van der Waals surface area contributed by atoms with Gasteiger partial charge in [0.25, 0.3) is 0 Å². The van der Waals surface area contributed by atoms with E-state index >= 15 is 0 Å². The van der Waals surface area contributed by atoms with E-state index in [4.69, 9.17) is 14.9 Å². The Bertz CT molecular complexity index is 687. The summed E-state index contributed by atoms with van der Waals surface area (Å²) in [4.78, 5) is 4.35. The van der Waals surface area contributed by atoms with Crippen molar-refractivity contribution in [3.05, 3.63) is 42.7 Å². The Morgan fingerprint density at radius 3 is 2.70 bits per heavy atom. The van der Waals surface area contributed by atoms with Gasteiger partial charge in [-0.05, 0) is 43.3 Å². The van der Waals surface area contributed by atoms with Gasteiger partial charge in [0.15, 0.2) is 5.76 Å². The van der Waals surface area contributed by atoms with Crippen molar-refractivity contribution < 1.29 is 9.15 Å². The number of nitrogens with two attached hydrogens (primary N) is 1. The third-order valence-corrected chi connectivity index (χ3v) is 2.74. The van der Waals surface area contributed by atoms with Crippen LogP contribution in [0.25, 0.3) is 17.3 Å². The van der Waals surface area contributed by atoms with Crippen LogP contribution >= 0.6 is 0 Å². The molecule has 6 nitrogen and oxygen atoms in total. The number of nitrogen functional groups attached to an aromatic ring is 1. The molecule has 0 unspecified atom stereocenters. The van der Waals surface area contributed by atoms with Crippen molar-refractivity contribution in [3.63, 3.8) is 0 Å². The van der Waals surface area contributed by atoms with Gasteiger partial charge >= 0.3 is 6.01 Å². The van der Waals surface area contributed by atoms with Crippen LogP contribution in [0.15, 0.2) is 47.1 Å². The Balaban J connectivity index is 2.10. The van der Waals surface area contributed by atoms with Crippen LogP contribution in [0, 0.1) is 0 Å². The van der Waals surface area contributed by atoms with E-state index in [1.807, 2.05) is 37.3 Å². The van der Waals surface area contributed by atoms with Gasteiger partial charge in [-0.2, -0.15) is 4.98 Å². The number of benzene rings is 1. The lowest BCUT2D eigenvalue weighted by Crippen LogP contribution is -2.00. The Kier molecular flexibility index (Phi) is 3.12. The number of nitrogens with zero attached hydrogens (tertiary/aromatic N) is 3. The Hall–Kier alpha value is -2.76. The molecule has 6 heteroatoms. The first-order chi connectivity index (χ1) is 9.78. The molecule has 0 bridgehead atoms. The number of anilines is 1. The summed E-state index contributed by atoms with van der Waals surface area (Å²) in [6.45, 7) is 2.39. The zero-order valence-electron chi connectivity index (χ0n) is 11.0. The summed E-state index contributed by atoms with van der Waals surface area (Å²) < 4.78 is 12.4. The number of furan rings is 1. The van der Waals surface area contributed by atoms with E-state index in [0.717, 1.165) is 5.69 Å². The van der Waals surface area contributed by atoms with Crippen LogP contribution in [-0.4, -0.2) is 21.4 Å². The van der Waals surface area contributed by atoms with Crippen molar-refractivity contribution in [1.29, 1.82) is 0 Å². The molecule has 2 N–H and O–H groups in total. The molecule has 0 aliphatic heterocycles. The molecule has 0 radical (unpaired) electrons. The highest BCUT2D eigenvalue weighted by atomic mass is 16.5. The number of rotatable bonds is 4. The van der Waals surface area contributed by atoms with Gasteiger partial charge in [0, 0.05) is 5.69 Å². The van der Waals surface area contributed by atoms with Crippen LogP contribution in [0.4, 0.5) is 5.69 Å². The van der Waals surface area contributed by atoms with Crippen molar-refractivity contribution in [2.75, 3.05) is 12.3 Å². The Labute approximate surface area is 115 Å². The molecule has 0 saturated carbocycles. The maximum absolute atomic E-state index is 5.70. The Morgan fingerprint density at radius 1 is 1.25 bits per heavy atom. The SMILES string of the molecule is CCOc1nc(-c2ccco2)n(-c2ccc(N)cc2)n1. The van der Waals surface area contributed by atoms with Gasteiger partial charge in [0.05, 0.1) is 18.6 Å². The average molecular weight is 270 g/mol. The van der Waals surface area contributed by atoms with Gasteiger partial charge in [-0.1, -0.05) is 0 Å². The van der Waals surface area contributed by atoms with Gasteiger partial charge in [-0.25, -0.2) is 4.68 Å². The molecule has 1 aromatic carbocycles. The van der Waals surface area contributed by atoms with Crippen LogP contribution in [0.5, 0.6) is 6.01 Å². The van der Waals surface area contributed by atoms with Crippen LogP contribution in [0.3, 0.4) is 0 Å². The summed E-state index contributed by atoms with van der Waals surface area (Å²) in [5.74, 6) is 1.21. The number of hydrogen-bond donors (Lipinski definition) is 1. The van der Waals surface area contributed by atoms with E-state index in [9.17, 15) is 0 Å². The average Bonchev–Trinajstić information content (AvgIpc) is 3.08. The van der Waals surface area contributed by atoms with Crippen molar-refractivity contribution >= 4 is 5.69 Å². The van der Waals surface area contributed by atoms with Gasteiger partial charge < -0.3 is 14.9 Å². The second-order valence-electron chi connectivity index (χ2n) is 4.13. The fourth-order valence-corrected chi connectivity index (χ4v) is 1.84. The lowest BCUT2D eigenvalue weighted by atomic mass is 10.3. The number of ether oxygens (including phenoxy) is 1. The van der Waals surface area contributed by atoms with Crippen LogP contribution in [0.2, 0.25) is 0 Å². The van der Waals surface area contributed by atoms with E-state index < -0.39 is 0 Å². The fraction of sp³-hybridized carbons (Fsp3) is 0.143. The second-order valence-corrected chi connectivity index (χ2v) is 4.13. The predicted octanol–water partition coefficient (Wildman–Crippen LogP) is 2.51. The molecule has 0 fully saturated rings. The maximum Gasteiger partial charge on any atom is 0.336 e. The molecule has 0 amide bonds. The predicted molar refractivity (Wildman–Crippen MR) is 74.6 cm³/mol. The summed E-state index contributed by atoms with van der Waals surface area (Å²) in [7, 11) is 0. The molecule has 0 spiro atoms. The standard InChI is InChI=1S/C14H14N4O2/c1-2-19-14-16-13(12-4-3-9-20-12)18(17-14)11-7-5-10(15)6-8-11/h3-9H,2,15H2,1H3. The second kappa shape index (κ2) is 5.08. The van der Waals surface area contributed by atoms with E-state index in [0.29, 0.717) is 29.9 Å². The quantitative estimate of drug-likeness (QED) is 0.737. The Morgan fingerprint density at radius 2 is 2.05 bits per heavy atom. The van der Waals surface area contributed by atoms with Crippen molar-refractivity contribution in [2.24, 2.45) is 0 Å². The zero-order chi connectivity index (χ0) is 13.9. The minimum absolute atomic E-state index is 0.315. The summed E-state index contributed by atoms with van der Waals surface area (Å²) in [6.07, 6.45) is 1.59. The van der Waals surface area contributed by atoms with Gasteiger partial charge in [0.1, 0.15) is 0 Å². The summed E-state index contributed by atoms with van der Waals surface area (Å²) in [5.41, 5.74) is 7.23. The first kappa shape index (κ1) is 12.3. The van der Waals surface area contributed by atoms with Gasteiger partial charge in [-0.15, -0.1) is 5.10 Å². The monoisotopic (exact) mass is 270 g/mol. The van der Waals surface area contributed by atoms with Crippen LogP contribution in [-0.2, 0) is 0 Å². The molecular weight excluding hydrogens is 256 g/mol. The lowest BCUT2D eigenvalue weighted by Gasteiger charge is -2.03. The van der Waals surface area contributed by atoms with Gasteiger partial charge in [-0.3, -0.25) is 0 Å². The molecule has 0 aliphatic rings. The van der Waals surface area contributed by atoms with E-state index in [1.165, 1.54) is 0 Å². The molecular formula is C14H14N4O2. The zero-order valence-corrected chi connectivity index (χ0v) is 11.0. The number of aromatic nitrogens is 3. The van der Waals surface area contributed by atoms with Crippen molar-refractivity contribution in [3.8, 4) is 23.3 Å². The van der Waals surface area contributed by atoms with E-state index in [1.54, 1.807) is 17.0 Å². The maximum atomic E-state index is 5.70. The third kappa shape index (κ3) is 2.23. The third-order valence-electron chi connectivity index (χ3n) is 2.74. The smallest absolute Gasteiger partial charge is 0.336 e. The molecule has 0 atom stereocenters. The minimum Gasteiger partial charge on any atom is -0.463 e. The molecule has 20 heavy (non-hydrogen) atoms. The molecule has 0 aliphatic carbocycles. The lowest BCUT2D eigenvalue weighted by molar-refractivity contribution is 0.312. The molecule has 2 heterocycles. The first-order valence-corrected chi connectivity index (χ1v) is 6.27. The highest BCUT2D eigenvalue weighted by Crippen LogP contribution is 2.24. The highest BCUT2D eigenvalue weighted by molar-refractivity contribution is 5.53. The number of hydrogen-bond acceptors (Lipinski definition) is 5. The van der Waals surface area contributed by atoms with Crippen LogP contribution < -0.4 is 10.5 Å². The molecule has 3 rings (SSSR count). The highest BCUT2D eigenvalue weighted by Gasteiger charge is 2.16. The topological polar surface area (TPSA) is 79.1 Å². The molecule has 3 aromatic rings. The molecule has 0 saturated heterocycles. The molecule has 102 valence electrons. The largest absolute Gasteiger partial charge is 0.463 e.